The number of fused-ring (bicyclic) bond motifs is 2. The molecule has 2 rings (SSSR count). The molecule has 2 heterocycles. The molecule has 0 aromatic rings. The minimum Gasteiger partial charge on any atom is -0.288 e. The van der Waals surface area contributed by atoms with Crippen molar-refractivity contribution in [2.45, 2.75) is 83.8 Å². The first-order valence-electron chi connectivity index (χ1n) is 6.48. The van der Waals surface area contributed by atoms with E-state index in [2.05, 4.69) is 46.4 Å². The van der Waals surface area contributed by atoms with Crippen molar-refractivity contribution in [1.29, 1.82) is 0 Å². The van der Waals surface area contributed by atoms with Crippen LogP contribution in [0.2, 0.25) is 0 Å². The molecular formula is C14H27N. The minimum absolute atomic E-state index is 0.320. The van der Waals surface area contributed by atoms with Gasteiger partial charge in [0.2, 0.25) is 0 Å². The second kappa shape index (κ2) is 3.00. The van der Waals surface area contributed by atoms with E-state index < -0.39 is 0 Å². The Hall–Kier alpha value is -0.0400. The van der Waals surface area contributed by atoms with E-state index in [-0.39, 0.29) is 0 Å². The molecule has 2 saturated heterocycles. The highest BCUT2D eigenvalue weighted by atomic mass is 15.3. The fraction of sp³-hybridized carbons (Fsp3) is 1.00. The Morgan fingerprint density at radius 3 is 1.73 bits per heavy atom. The summed E-state index contributed by atoms with van der Waals surface area (Å²) in [6.45, 7) is 14.5. The van der Waals surface area contributed by atoms with E-state index in [1.807, 2.05) is 0 Å². The molecule has 2 aliphatic rings. The molecule has 0 aromatic carbocycles. The zero-order valence-corrected chi connectivity index (χ0v) is 11.4. The largest absolute Gasteiger partial charge is 0.288 e. The zero-order chi connectivity index (χ0) is 11.5. The van der Waals surface area contributed by atoms with Crippen LogP contribution in [-0.4, -0.2) is 21.5 Å². The van der Waals surface area contributed by atoms with Gasteiger partial charge >= 0.3 is 0 Å². The second-order valence-corrected chi connectivity index (χ2v) is 7.51. The van der Waals surface area contributed by atoms with Gasteiger partial charge in [0.25, 0.3) is 0 Å². The van der Waals surface area contributed by atoms with Crippen LogP contribution in [0, 0.1) is 5.92 Å². The van der Waals surface area contributed by atoms with Gasteiger partial charge in [-0.3, -0.25) is 4.90 Å². The summed E-state index contributed by atoms with van der Waals surface area (Å²) in [5.41, 5.74) is 1.25. The standard InChI is InChI=1S/C14H27N/c1-11-9-13(5)7-8-14(6,10-11)15(13)12(2,3)4/h11H,7-10H2,1-6H3/t11?,13-,14+. The Morgan fingerprint density at radius 1 is 1.00 bits per heavy atom. The Morgan fingerprint density at radius 2 is 1.40 bits per heavy atom. The van der Waals surface area contributed by atoms with E-state index >= 15 is 0 Å². The smallest absolute Gasteiger partial charge is 0.0195 e. The first-order chi connectivity index (χ1) is 6.67. The van der Waals surface area contributed by atoms with E-state index in [0.29, 0.717) is 16.6 Å². The summed E-state index contributed by atoms with van der Waals surface area (Å²) in [6.07, 6.45) is 5.57. The lowest BCUT2D eigenvalue weighted by molar-refractivity contribution is -0.0746. The summed E-state index contributed by atoms with van der Waals surface area (Å²) < 4.78 is 0. The molecule has 15 heavy (non-hydrogen) atoms. The third-order valence-electron chi connectivity index (χ3n) is 4.53. The molecule has 0 spiro atoms. The van der Waals surface area contributed by atoms with Crippen molar-refractivity contribution >= 4 is 0 Å². The highest BCUT2D eigenvalue weighted by Crippen LogP contribution is 2.55. The number of nitrogens with zero attached hydrogens (tertiary/aromatic N) is 1. The Bertz CT molecular complexity index is 245. The van der Waals surface area contributed by atoms with Gasteiger partial charge in [0.05, 0.1) is 0 Å². The molecule has 88 valence electrons. The van der Waals surface area contributed by atoms with Crippen molar-refractivity contribution in [3.63, 3.8) is 0 Å². The van der Waals surface area contributed by atoms with Crippen molar-refractivity contribution < 1.29 is 0 Å². The Labute approximate surface area is 95.2 Å². The van der Waals surface area contributed by atoms with Crippen LogP contribution in [0.5, 0.6) is 0 Å². The molecule has 0 amide bonds. The average Bonchev–Trinajstić information content (AvgIpc) is 2.13. The summed E-state index contributed by atoms with van der Waals surface area (Å²) in [6, 6.07) is 0. The predicted octanol–water partition coefficient (Wildman–Crippen LogP) is 3.83. The summed E-state index contributed by atoms with van der Waals surface area (Å²) in [7, 11) is 0. The van der Waals surface area contributed by atoms with Crippen LogP contribution in [0.3, 0.4) is 0 Å². The van der Waals surface area contributed by atoms with Crippen LogP contribution in [0.15, 0.2) is 0 Å². The highest BCUT2D eigenvalue weighted by Gasteiger charge is 2.57. The van der Waals surface area contributed by atoms with E-state index in [0.717, 1.165) is 5.92 Å². The predicted molar refractivity (Wildman–Crippen MR) is 66.0 cm³/mol. The van der Waals surface area contributed by atoms with Gasteiger partial charge in [0.15, 0.2) is 0 Å². The van der Waals surface area contributed by atoms with Crippen molar-refractivity contribution in [3.8, 4) is 0 Å². The SMILES string of the molecule is CC1C[C@]2(C)CC[C@](C)(C1)N2C(C)(C)C. The minimum atomic E-state index is 0.320. The van der Waals surface area contributed by atoms with Crippen LogP contribution < -0.4 is 0 Å². The molecule has 0 aliphatic carbocycles. The monoisotopic (exact) mass is 209 g/mol. The fourth-order valence-electron chi connectivity index (χ4n) is 4.99. The normalized spacial score (nSPS) is 47.2. The lowest BCUT2D eigenvalue weighted by Gasteiger charge is -2.57. The molecule has 3 atom stereocenters. The number of piperidine rings is 1. The van der Waals surface area contributed by atoms with Crippen LogP contribution >= 0.6 is 0 Å². The molecule has 1 unspecified atom stereocenters. The quantitative estimate of drug-likeness (QED) is 0.586. The third-order valence-corrected chi connectivity index (χ3v) is 4.53. The van der Waals surface area contributed by atoms with Gasteiger partial charge in [-0.2, -0.15) is 0 Å². The Kier molecular flexibility index (Phi) is 2.29. The van der Waals surface area contributed by atoms with Crippen molar-refractivity contribution in [2.75, 3.05) is 0 Å². The molecule has 1 nitrogen and oxygen atoms in total. The number of hydrogen-bond donors (Lipinski definition) is 0. The van der Waals surface area contributed by atoms with E-state index in [1.54, 1.807) is 0 Å². The summed E-state index contributed by atoms with van der Waals surface area (Å²) >= 11 is 0. The van der Waals surface area contributed by atoms with E-state index in [9.17, 15) is 0 Å². The van der Waals surface area contributed by atoms with Gasteiger partial charge in [-0.25, -0.2) is 0 Å². The maximum absolute atomic E-state index is 2.83. The first kappa shape index (κ1) is 11.4. The van der Waals surface area contributed by atoms with Gasteiger partial charge in [0.1, 0.15) is 0 Å². The lowest BCUT2D eigenvalue weighted by Crippen LogP contribution is -2.63. The van der Waals surface area contributed by atoms with Gasteiger partial charge in [-0.1, -0.05) is 6.92 Å². The van der Waals surface area contributed by atoms with Gasteiger partial charge in [0, 0.05) is 16.6 Å². The van der Waals surface area contributed by atoms with Crippen LogP contribution in [0.4, 0.5) is 0 Å². The van der Waals surface area contributed by atoms with E-state index in [1.165, 1.54) is 25.7 Å². The highest BCUT2D eigenvalue weighted by molar-refractivity contribution is 5.13. The van der Waals surface area contributed by atoms with Crippen LogP contribution in [0.1, 0.15) is 67.2 Å². The number of rotatable bonds is 0. The molecule has 0 N–H and O–H groups in total. The molecule has 0 radical (unpaired) electrons. The van der Waals surface area contributed by atoms with E-state index in [4.69, 9.17) is 0 Å². The fourth-order valence-corrected chi connectivity index (χ4v) is 4.99. The van der Waals surface area contributed by atoms with Gasteiger partial charge < -0.3 is 0 Å². The lowest BCUT2D eigenvalue weighted by atomic mass is 9.76. The summed E-state index contributed by atoms with van der Waals surface area (Å²) in [5, 5.41) is 0. The molecule has 1 heteroatoms. The topological polar surface area (TPSA) is 3.24 Å². The number of hydrogen-bond acceptors (Lipinski definition) is 1. The summed E-state index contributed by atoms with van der Waals surface area (Å²) in [4.78, 5) is 2.83. The summed E-state index contributed by atoms with van der Waals surface area (Å²) in [5.74, 6) is 0.904. The van der Waals surface area contributed by atoms with Gasteiger partial charge in [-0.15, -0.1) is 0 Å². The molecule has 2 bridgehead atoms. The maximum Gasteiger partial charge on any atom is 0.0195 e. The maximum atomic E-state index is 2.83. The molecular weight excluding hydrogens is 182 g/mol. The average molecular weight is 209 g/mol. The molecule has 0 saturated carbocycles. The van der Waals surface area contributed by atoms with Gasteiger partial charge in [-0.05, 0) is 66.2 Å². The molecule has 2 fully saturated rings. The van der Waals surface area contributed by atoms with Crippen LogP contribution in [-0.2, 0) is 0 Å². The second-order valence-electron chi connectivity index (χ2n) is 7.51. The molecule has 0 aromatic heterocycles. The first-order valence-corrected chi connectivity index (χ1v) is 6.48. The Balaban J connectivity index is 2.39. The molecule has 2 aliphatic heterocycles. The van der Waals surface area contributed by atoms with Crippen molar-refractivity contribution in [1.82, 2.24) is 4.90 Å². The zero-order valence-electron chi connectivity index (χ0n) is 11.4. The van der Waals surface area contributed by atoms with Crippen molar-refractivity contribution in [3.05, 3.63) is 0 Å². The van der Waals surface area contributed by atoms with Crippen LogP contribution in [0.25, 0.3) is 0 Å². The third kappa shape index (κ3) is 1.63. The van der Waals surface area contributed by atoms with Crippen molar-refractivity contribution in [2.24, 2.45) is 5.92 Å².